The van der Waals surface area contributed by atoms with Crippen molar-refractivity contribution in [3.05, 3.63) is 65.7 Å². The third kappa shape index (κ3) is 2.87. The van der Waals surface area contributed by atoms with Gasteiger partial charge < -0.3 is 10.1 Å². The predicted octanol–water partition coefficient (Wildman–Crippen LogP) is 3.64. The number of carbonyl (C=O) groups excluding carboxylic acids is 1. The monoisotopic (exact) mass is 363 g/mol. The molecule has 2 N–H and O–H groups in total. The number of nitrogens with one attached hydrogen (secondary N) is 2. The SMILES string of the molecule is COc1cccc(C2(c3ccccc3)NC(=N)N(C3CCCCC3)C2=O)c1. The highest BCUT2D eigenvalue weighted by Gasteiger charge is 2.54. The average Bonchev–Trinajstić information content (AvgIpc) is 3.00. The number of amides is 1. The minimum Gasteiger partial charge on any atom is -0.497 e. The molecule has 1 aliphatic heterocycles. The van der Waals surface area contributed by atoms with Gasteiger partial charge in [0.15, 0.2) is 11.5 Å². The van der Waals surface area contributed by atoms with E-state index in [0.717, 1.165) is 36.8 Å². The van der Waals surface area contributed by atoms with Gasteiger partial charge in [-0.15, -0.1) is 0 Å². The number of methoxy groups -OCH3 is 1. The molecule has 5 nitrogen and oxygen atoms in total. The Morgan fingerprint density at radius 2 is 1.74 bits per heavy atom. The van der Waals surface area contributed by atoms with E-state index in [1.165, 1.54) is 6.42 Å². The van der Waals surface area contributed by atoms with Crippen LogP contribution in [0.15, 0.2) is 54.6 Å². The van der Waals surface area contributed by atoms with Crippen molar-refractivity contribution >= 4 is 11.9 Å². The molecule has 27 heavy (non-hydrogen) atoms. The third-order valence-corrected chi connectivity index (χ3v) is 5.74. The molecule has 1 unspecified atom stereocenters. The number of ether oxygens (including phenoxy) is 1. The summed E-state index contributed by atoms with van der Waals surface area (Å²) in [6, 6.07) is 17.4. The number of nitrogens with zero attached hydrogens (tertiary/aromatic N) is 1. The van der Waals surface area contributed by atoms with Crippen LogP contribution in [-0.2, 0) is 10.3 Å². The van der Waals surface area contributed by atoms with Crippen molar-refractivity contribution in [2.45, 2.75) is 43.7 Å². The molecule has 0 spiro atoms. The largest absolute Gasteiger partial charge is 0.497 e. The second-order valence-electron chi connectivity index (χ2n) is 7.29. The van der Waals surface area contributed by atoms with Gasteiger partial charge in [-0.2, -0.15) is 0 Å². The number of hydrogen-bond acceptors (Lipinski definition) is 3. The molecule has 1 amide bonds. The lowest BCUT2D eigenvalue weighted by molar-refractivity contribution is -0.131. The smallest absolute Gasteiger partial charge is 0.264 e. The van der Waals surface area contributed by atoms with E-state index in [9.17, 15) is 4.79 Å². The van der Waals surface area contributed by atoms with E-state index in [1.807, 2.05) is 54.6 Å². The summed E-state index contributed by atoms with van der Waals surface area (Å²) in [5, 5.41) is 11.8. The molecular formula is C22H25N3O2. The van der Waals surface area contributed by atoms with Crippen LogP contribution in [0.2, 0.25) is 0 Å². The van der Waals surface area contributed by atoms with E-state index in [-0.39, 0.29) is 17.9 Å². The highest BCUT2D eigenvalue weighted by Crippen LogP contribution is 2.39. The van der Waals surface area contributed by atoms with Crippen LogP contribution < -0.4 is 10.1 Å². The Labute approximate surface area is 159 Å². The first kappa shape index (κ1) is 17.6. The van der Waals surface area contributed by atoms with Crippen molar-refractivity contribution in [1.29, 1.82) is 5.41 Å². The van der Waals surface area contributed by atoms with Crippen molar-refractivity contribution in [1.82, 2.24) is 10.2 Å². The molecule has 1 atom stereocenters. The topological polar surface area (TPSA) is 65.4 Å². The number of carbonyl (C=O) groups is 1. The molecule has 0 aromatic heterocycles. The van der Waals surface area contributed by atoms with Crippen LogP contribution in [0.25, 0.3) is 0 Å². The second-order valence-corrected chi connectivity index (χ2v) is 7.29. The van der Waals surface area contributed by atoms with Crippen LogP contribution in [0.1, 0.15) is 43.2 Å². The first-order chi connectivity index (χ1) is 13.2. The molecule has 1 saturated heterocycles. The molecule has 0 radical (unpaired) electrons. The van der Waals surface area contributed by atoms with Crippen LogP contribution in [-0.4, -0.2) is 29.9 Å². The van der Waals surface area contributed by atoms with E-state index in [0.29, 0.717) is 5.75 Å². The van der Waals surface area contributed by atoms with Crippen LogP contribution in [0.4, 0.5) is 0 Å². The number of guanidine groups is 1. The van der Waals surface area contributed by atoms with Gasteiger partial charge in [-0.3, -0.25) is 15.1 Å². The Morgan fingerprint density at radius 1 is 1.04 bits per heavy atom. The zero-order valence-corrected chi connectivity index (χ0v) is 15.6. The molecule has 2 fully saturated rings. The Hall–Kier alpha value is -2.82. The lowest BCUT2D eigenvalue weighted by Crippen LogP contribution is -2.46. The molecular weight excluding hydrogens is 338 g/mol. The van der Waals surface area contributed by atoms with Crippen LogP contribution in [0, 0.1) is 5.41 Å². The lowest BCUT2D eigenvalue weighted by atomic mass is 9.82. The van der Waals surface area contributed by atoms with E-state index in [4.69, 9.17) is 10.1 Å². The van der Waals surface area contributed by atoms with E-state index < -0.39 is 5.54 Å². The Balaban J connectivity index is 1.84. The Bertz CT molecular complexity index is 846. The maximum Gasteiger partial charge on any atom is 0.264 e. The maximum atomic E-state index is 13.8. The molecule has 2 aromatic carbocycles. The summed E-state index contributed by atoms with van der Waals surface area (Å²) >= 11 is 0. The van der Waals surface area contributed by atoms with Gasteiger partial charge in [0.25, 0.3) is 5.91 Å². The van der Waals surface area contributed by atoms with Gasteiger partial charge in [0.05, 0.1) is 7.11 Å². The second kappa shape index (κ2) is 7.06. The molecule has 2 aromatic rings. The van der Waals surface area contributed by atoms with Gasteiger partial charge in [0.2, 0.25) is 0 Å². The zero-order chi connectivity index (χ0) is 18.9. The summed E-state index contributed by atoms with van der Waals surface area (Å²) < 4.78 is 5.39. The quantitative estimate of drug-likeness (QED) is 0.872. The van der Waals surface area contributed by atoms with E-state index in [2.05, 4.69) is 5.32 Å². The van der Waals surface area contributed by atoms with Crippen LogP contribution in [0.3, 0.4) is 0 Å². The number of rotatable bonds is 4. The molecule has 140 valence electrons. The number of hydrogen-bond donors (Lipinski definition) is 2. The lowest BCUT2D eigenvalue weighted by Gasteiger charge is -2.32. The van der Waals surface area contributed by atoms with Crippen LogP contribution in [0.5, 0.6) is 5.75 Å². The first-order valence-electron chi connectivity index (χ1n) is 9.57. The Kier molecular flexibility index (Phi) is 4.60. The van der Waals surface area contributed by atoms with E-state index >= 15 is 0 Å². The zero-order valence-electron chi connectivity index (χ0n) is 15.6. The third-order valence-electron chi connectivity index (χ3n) is 5.74. The minimum absolute atomic E-state index is 0.0705. The van der Waals surface area contributed by atoms with Gasteiger partial charge in [0, 0.05) is 6.04 Å². The molecule has 2 aliphatic rings. The molecule has 0 bridgehead atoms. The molecule has 5 heteroatoms. The summed E-state index contributed by atoms with van der Waals surface area (Å²) in [7, 11) is 1.62. The van der Waals surface area contributed by atoms with Crippen LogP contribution >= 0.6 is 0 Å². The fraction of sp³-hybridized carbons (Fsp3) is 0.364. The van der Waals surface area contributed by atoms with Crippen molar-refractivity contribution in [3.63, 3.8) is 0 Å². The standard InChI is InChI=1S/C22H25N3O2/c1-27-19-14-8-11-17(15-19)22(16-9-4-2-5-10-16)20(26)25(21(23)24-22)18-12-6-3-7-13-18/h2,4-5,8-11,14-15,18H,3,6-7,12-13H2,1H3,(H2,23,24). The normalized spacial score (nSPS) is 23.4. The summed E-state index contributed by atoms with van der Waals surface area (Å²) in [4.78, 5) is 15.5. The molecule has 1 aliphatic carbocycles. The summed E-state index contributed by atoms with van der Waals surface area (Å²) in [6.07, 6.45) is 5.34. The first-order valence-corrected chi connectivity index (χ1v) is 9.57. The Morgan fingerprint density at radius 3 is 2.44 bits per heavy atom. The predicted molar refractivity (Wildman–Crippen MR) is 105 cm³/mol. The van der Waals surface area contributed by atoms with Crippen molar-refractivity contribution in [2.75, 3.05) is 7.11 Å². The van der Waals surface area contributed by atoms with Crippen molar-refractivity contribution in [2.24, 2.45) is 0 Å². The number of benzene rings is 2. The molecule has 4 rings (SSSR count). The summed E-state index contributed by atoms with van der Waals surface area (Å²) in [5.74, 6) is 0.817. The van der Waals surface area contributed by atoms with Crippen molar-refractivity contribution < 1.29 is 9.53 Å². The van der Waals surface area contributed by atoms with Gasteiger partial charge in [-0.05, 0) is 36.1 Å². The maximum absolute atomic E-state index is 13.8. The van der Waals surface area contributed by atoms with Gasteiger partial charge >= 0.3 is 0 Å². The minimum atomic E-state index is -1.09. The molecule has 1 heterocycles. The van der Waals surface area contributed by atoms with Crippen molar-refractivity contribution in [3.8, 4) is 5.75 Å². The molecule has 1 saturated carbocycles. The fourth-order valence-electron chi connectivity index (χ4n) is 4.36. The highest BCUT2D eigenvalue weighted by molar-refractivity contribution is 6.10. The van der Waals surface area contributed by atoms with Gasteiger partial charge in [-0.1, -0.05) is 61.7 Å². The summed E-state index contributed by atoms with van der Waals surface area (Å²) in [5.41, 5.74) is 0.539. The van der Waals surface area contributed by atoms with E-state index in [1.54, 1.807) is 12.0 Å². The average molecular weight is 363 g/mol. The van der Waals surface area contributed by atoms with Gasteiger partial charge in [0.1, 0.15) is 5.75 Å². The highest BCUT2D eigenvalue weighted by atomic mass is 16.5. The summed E-state index contributed by atoms with van der Waals surface area (Å²) in [6.45, 7) is 0. The fourth-order valence-corrected chi connectivity index (χ4v) is 4.36. The van der Waals surface area contributed by atoms with Gasteiger partial charge in [-0.25, -0.2) is 0 Å².